The van der Waals surface area contributed by atoms with Crippen LogP contribution in [0.2, 0.25) is 0 Å². The van der Waals surface area contributed by atoms with E-state index in [1.807, 2.05) is 0 Å². The van der Waals surface area contributed by atoms with Crippen molar-refractivity contribution in [3.8, 4) is 0 Å². The van der Waals surface area contributed by atoms with Crippen molar-refractivity contribution < 1.29 is 18.3 Å². The van der Waals surface area contributed by atoms with Crippen LogP contribution < -0.4 is 0 Å². The van der Waals surface area contributed by atoms with Crippen molar-refractivity contribution in [2.24, 2.45) is 0 Å². The Bertz CT molecular complexity index is 558. The van der Waals surface area contributed by atoms with E-state index in [0.717, 1.165) is 8.78 Å². The van der Waals surface area contributed by atoms with Gasteiger partial charge in [-0.1, -0.05) is 15.9 Å². The van der Waals surface area contributed by atoms with E-state index in [9.17, 15) is 13.2 Å². The molecular formula is C10H10BrNO4S2. The van der Waals surface area contributed by atoms with Gasteiger partial charge in [0.05, 0.1) is 10.8 Å². The van der Waals surface area contributed by atoms with E-state index >= 15 is 0 Å². The zero-order chi connectivity index (χ0) is 13.3. The van der Waals surface area contributed by atoms with E-state index in [-0.39, 0.29) is 16.5 Å². The fraction of sp³-hybridized carbons (Fsp3) is 0.300. The number of sulfonamides is 1. The summed E-state index contributed by atoms with van der Waals surface area (Å²) < 4.78 is 26.4. The maximum atomic E-state index is 12.3. The highest BCUT2D eigenvalue weighted by Crippen LogP contribution is 2.28. The average Bonchev–Trinajstić information content (AvgIpc) is 2.79. The van der Waals surface area contributed by atoms with Crippen molar-refractivity contribution in [2.75, 3.05) is 11.6 Å². The molecule has 0 spiro atoms. The fourth-order valence-electron chi connectivity index (χ4n) is 1.60. The maximum Gasteiger partial charge on any atom is 0.322 e. The summed E-state index contributed by atoms with van der Waals surface area (Å²) in [7, 11) is -3.74. The summed E-state index contributed by atoms with van der Waals surface area (Å²) in [5, 5.41) is 9.01. The number of halogens is 1. The molecule has 1 atom stereocenters. The molecule has 0 aliphatic carbocycles. The molecule has 1 aromatic rings. The molecule has 0 aromatic heterocycles. The molecule has 0 unspecified atom stereocenters. The zero-order valence-corrected chi connectivity index (χ0v) is 12.3. The minimum atomic E-state index is -3.74. The number of benzene rings is 1. The van der Waals surface area contributed by atoms with Gasteiger partial charge in [-0.05, 0) is 24.3 Å². The average molecular weight is 352 g/mol. The lowest BCUT2D eigenvalue weighted by molar-refractivity contribution is -0.140. The Morgan fingerprint density at radius 2 is 2.00 bits per heavy atom. The van der Waals surface area contributed by atoms with Crippen molar-refractivity contribution >= 4 is 43.7 Å². The van der Waals surface area contributed by atoms with Gasteiger partial charge in [0.25, 0.3) is 0 Å². The summed E-state index contributed by atoms with van der Waals surface area (Å²) in [6.07, 6.45) is 0. The number of aliphatic carboxylic acids is 1. The summed E-state index contributed by atoms with van der Waals surface area (Å²) in [5.41, 5.74) is 0. The highest BCUT2D eigenvalue weighted by Gasteiger charge is 2.39. The number of carbonyl (C=O) groups is 1. The van der Waals surface area contributed by atoms with Crippen molar-refractivity contribution in [3.05, 3.63) is 28.7 Å². The third-order valence-electron chi connectivity index (χ3n) is 2.55. The van der Waals surface area contributed by atoms with Crippen LogP contribution >= 0.6 is 27.7 Å². The minimum Gasteiger partial charge on any atom is -0.480 e. The maximum absolute atomic E-state index is 12.3. The Morgan fingerprint density at radius 3 is 2.56 bits per heavy atom. The minimum absolute atomic E-state index is 0.111. The Hall–Kier alpha value is -0.570. The van der Waals surface area contributed by atoms with Crippen LogP contribution in [-0.2, 0) is 14.8 Å². The molecule has 1 aliphatic rings. The van der Waals surface area contributed by atoms with Gasteiger partial charge in [0, 0.05) is 10.2 Å². The van der Waals surface area contributed by atoms with Crippen LogP contribution in [0.3, 0.4) is 0 Å². The van der Waals surface area contributed by atoms with Gasteiger partial charge in [0.2, 0.25) is 10.0 Å². The summed E-state index contributed by atoms with van der Waals surface area (Å²) in [4.78, 5) is 11.1. The fourth-order valence-corrected chi connectivity index (χ4v) is 5.00. The van der Waals surface area contributed by atoms with Crippen molar-refractivity contribution in [3.63, 3.8) is 0 Å². The van der Waals surface area contributed by atoms with Gasteiger partial charge in [-0.25, -0.2) is 8.42 Å². The molecule has 1 aliphatic heterocycles. The molecule has 0 radical (unpaired) electrons. The van der Waals surface area contributed by atoms with Crippen molar-refractivity contribution in [1.29, 1.82) is 0 Å². The van der Waals surface area contributed by atoms with Crippen molar-refractivity contribution in [1.82, 2.24) is 4.31 Å². The Morgan fingerprint density at radius 1 is 1.39 bits per heavy atom. The topological polar surface area (TPSA) is 74.7 Å². The number of hydrogen-bond acceptors (Lipinski definition) is 4. The molecule has 98 valence electrons. The van der Waals surface area contributed by atoms with E-state index in [4.69, 9.17) is 5.11 Å². The van der Waals surface area contributed by atoms with Crippen LogP contribution in [0, 0.1) is 0 Å². The molecule has 5 nitrogen and oxygen atoms in total. The van der Waals surface area contributed by atoms with E-state index in [1.165, 1.54) is 23.9 Å². The van der Waals surface area contributed by atoms with Gasteiger partial charge in [-0.15, -0.1) is 11.8 Å². The number of thioether (sulfide) groups is 1. The van der Waals surface area contributed by atoms with E-state index in [2.05, 4.69) is 15.9 Å². The molecule has 8 heteroatoms. The first-order valence-corrected chi connectivity index (χ1v) is 8.39. The Kier molecular flexibility index (Phi) is 4.00. The normalized spacial score (nSPS) is 21.1. The third-order valence-corrected chi connectivity index (χ3v) is 6.12. The monoisotopic (exact) mass is 351 g/mol. The molecule has 18 heavy (non-hydrogen) atoms. The summed E-state index contributed by atoms with van der Waals surface area (Å²) >= 11 is 4.52. The molecule has 2 rings (SSSR count). The van der Waals surface area contributed by atoms with Crippen molar-refractivity contribution in [2.45, 2.75) is 10.9 Å². The molecule has 1 heterocycles. The third kappa shape index (κ3) is 2.56. The number of rotatable bonds is 3. The lowest BCUT2D eigenvalue weighted by atomic mass is 10.4. The number of carboxylic acids is 1. The van der Waals surface area contributed by atoms with Crippen LogP contribution in [0.1, 0.15) is 0 Å². The van der Waals surface area contributed by atoms with Gasteiger partial charge < -0.3 is 5.11 Å². The predicted octanol–water partition coefficient (Wildman–Crippen LogP) is 1.60. The highest BCUT2D eigenvalue weighted by molar-refractivity contribution is 9.10. The second-order valence-electron chi connectivity index (χ2n) is 3.70. The second kappa shape index (κ2) is 5.20. The second-order valence-corrected chi connectivity index (χ2v) is 7.51. The summed E-state index contributed by atoms with van der Waals surface area (Å²) in [6, 6.07) is 5.17. The quantitative estimate of drug-likeness (QED) is 0.894. The summed E-state index contributed by atoms with van der Waals surface area (Å²) in [5.74, 6) is -0.652. The smallest absolute Gasteiger partial charge is 0.322 e. The zero-order valence-electron chi connectivity index (χ0n) is 9.11. The summed E-state index contributed by atoms with van der Waals surface area (Å²) in [6.45, 7) is 0. The first-order valence-electron chi connectivity index (χ1n) is 5.01. The molecule has 0 bridgehead atoms. The van der Waals surface area contributed by atoms with Crippen LogP contribution in [0.15, 0.2) is 33.6 Å². The lowest BCUT2D eigenvalue weighted by Crippen LogP contribution is -2.41. The predicted molar refractivity (Wildman–Crippen MR) is 71.9 cm³/mol. The molecule has 1 fully saturated rings. The largest absolute Gasteiger partial charge is 0.480 e. The van der Waals surface area contributed by atoms with Crippen LogP contribution in [0.5, 0.6) is 0 Å². The number of carboxylic acid groups (broad SMARTS) is 1. The first-order chi connectivity index (χ1) is 8.43. The Balaban J connectivity index is 2.36. The molecular weight excluding hydrogens is 342 g/mol. The lowest BCUT2D eigenvalue weighted by Gasteiger charge is -2.19. The molecule has 1 N–H and O–H groups in total. The van der Waals surface area contributed by atoms with Gasteiger partial charge in [-0.3, -0.25) is 4.79 Å². The van der Waals surface area contributed by atoms with Crippen LogP contribution in [0.4, 0.5) is 0 Å². The van der Waals surface area contributed by atoms with E-state index < -0.39 is 22.0 Å². The van der Waals surface area contributed by atoms with Gasteiger partial charge in [-0.2, -0.15) is 4.31 Å². The van der Waals surface area contributed by atoms with Crippen LogP contribution in [-0.4, -0.2) is 41.5 Å². The van der Waals surface area contributed by atoms with Gasteiger partial charge in [0.15, 0.2) is 0 Å². The van der Waals surface area contributed by atoms with E-state index in [0.29, 0.717) is 0 Å². The standard InChI is InChI=1S/C10H10BrNO4S2/c11-7-1-3-8(4-2-7)18(15,16)12-6-17-5-9(12)10(13)14/h1-4,9H,5-6H2,(H,13,14)/t9-/m1/s1. The molecule has 1 aromatic carbocycles. The van der Waals surface area contributed by atoms with Crippen LogP contribution in [0.25, 0.3) is 0 Å². The molecule has 1 saturated heterocycles. The number of nitrogens with zero attached hydrogens (tertiary/aromatic N) is 1. The van der Waals surface area contributed by atoms with Gasteiger partial charge in [0.1, 0.15) is 6.04 Å². The molecule has 0 amide bonds. The van der Waals surface area contributed by atoms with E-state index in [1.54, 1.807) is 12.1 Å². The Labute approximate surface area is 117 Å². The SMILES string of the molecule is O=C(O)[C@H]1CSCN1S(=O)(=O)c1ccc(Br)cc1. The highest BCUT2D eigenvalue weighted by atomic mass is 79.9. The first kappa shape index (κ1) is 13.9. The van der Waals surface area contributed by atoms with Gasteiger partial charge >= 0.3 is 5.97 Å². The molecule has 0 saturated carbocycles. The number of hydrogen-bond donors (Lipinski definition) is 1.